The van der Waals surface area contributed by atoms with E-state index in [0.717, 1.165) is 24.0 Å². The third kappa shape index (κ3) is 5.45. The smallest absolute Gasteiger partial charge is 0.338 e. The van der Waals surface area contributed by atoms with Gasteiger partial charge in [0.1, 0.15) is 0 Å². The molecule has 2 heterocycles. The van der Waals surface area contributed by atoms with Crippen LogP contribution in [0.3, 0.4) is 0 Å². The Balaban J connectivity index is 1.33. The number of rotatable bonds is 8. The van der Waals surface area contributed by atoms with Crippen molar-refractivity contribution in [3.8, 4) is 11.5 Å². The van der Waals surface area contributed by atoms with Crippen LogP contribution in [0.2, 0.25) is 0 Å². The largest absolute Gasteiger partial charge is 0.493 e. The number of benzene rings is 2. The minimum absolute atomic E-state index is 0.125. The highest BCUT2D eigenvalue weighted by atomic mass is 16.5. The van der Waals surface area contributed by atoms with Crippen LogP contribution >= 0.6 is 0 Å². The molecule has 0 radical (unpaired) electrons. The summed E-state index contributed by atoms with van der Waals surface area (Å²) < 4.78 is 16.0. The fourth-order valence-electron chi connectivity index (χ4n) is 4.60. The number of methoxy groups -OCH3 is 2. The molecule has 3 amide bonds. The third-order valence-electron chi connectivity index (χ3n) is 6.43. The number of amides is 3. The molecule has 4 rings (SSSR count). The number of likely N-dealkylation sites (tertiary alicyclic amines) is 1. The molecule has 9 nitrogen and oxygen atoms in total. The van der Waals surface area contributed by atoms with Gasteiger partial charge in [0.2, 0.25) is 11.8 Å². The van der Waals surface area contributed by atoms with Gasteiger partial charge in [-0.25, -0.2) is 4.79 Å². The van der Waals surface area contributed by atoms with E-state index in [9.17, 15) is 19.2 Å². The summed E-state index contributed by atoms with van der Waals surface area (Å²) in [6.07, 6.45) is 2.25. The van der Waals surface area contributed by atoms with Crippen LogP contribution in [0, 0.1) is 5.92 Å². The van der Waals surface area contributed by atoms with Gasteiger partial charge in [-0.05, 0) is 54.7 Å². The van der Waals surface area contributed by atoms with Crippen LogP contribution in [-0.4, -0.2) is 56.0 Å². The lowest BCUT2D eigenvalue weighted by Crippen LogP contribution is -2.34. The predicted molar refractivity (Wildman–Crippen MR) is 125 cm³/mol. The van der Waals surface area contributed by atoms with Crippen LogP contribution in [0.25, 0.3) is 0 Å². The van der Waals surface area contributed by atoms with Gasteiger partial charge in [-0.3, -0.25) is 19.7 Å². The minimum Gasteiger partial charge on any atom is -0.493 e. The maximum atomic E-state index is 12.9. The molecule has 2 saturated heterocycles. The average molecular weight is 481 g/mol. The van der Waals surface area contributed by atoms with Gasteiger partial charge in [-0.1, -0.05) is 18.2 Å². The standard InChI is InChI=1S/C26H28N2O7/c1-33-21-10-9-18(13-22(21)34-2)20-4-3-11-28(20)24(30)15-35-26(32)17-7-5-16(6-8-17)12-19-14-23(29)27-25(19)31/h5-10,13,19-20H,3-4,11-12,14-15H2,1-2H3,(H,27,29,31). The lowest BCUT2D eigenvalue weighted by Gasteiger charge is -2.25. The number of hydrogen-bond acceptors (Lipinski definition) is 7. The normalized spacial score (nSPS) is 19.4. The van der Waals surface area contributed by atoms with E-state index in [-0.39, 0.29) is 36.8 Å². The maximum Gasteiger partial charge on any atom is 0.338 e. The molecule has 35 heavy (non-hydrogen) atoms. The first-order valence-electron chi connectivity index (χ1n) is 11.5. The molecule has 2 fully saturated rings. The molecular weight excluding hydrogens is 452 g/mol. The van der Waals surface area contributed by atoms with Gasteiger partial charge in [0, 0.05) is 13.0 Å². The Morgan fingerprint density at radius 2 is 1.77 bits per heavy atom. The Morgan fingerprint density at radius 1 is 1.03 bits per heavy atom. The molecule has 0 saturated carbocycles. The van der Waals surface area contributed by atoms with E-state index in [4.69, 9.17) is 14.2 Å². The zero-order valence-corrected chi connectivity index (χ0v) is 19.7. The zero-order chi connectivity index (χ0) is 24.9. The van der Waals surface area contributed by atoms with E-state index in [0.29, 0.717) is 30.0 Å². The molecule has 2 aromatic carbocycles. The molecule has 0 aromatic heterocycles. The van der Waals surface area contributed by atoms with Gasteiger partial charge >= 0.3 is 5.97 Å². The maximum absolute atomic E-state index is 12.9. The first-order valence-corrected chi connectivity index (χ1v) is 11.5. The lowest BCUT2D eigenvalue weighted by molar-refractivity contribution is -0.135. The number of ether oxygens (including phenoxy) is 3. The molecule has 2 aliphatic heterocycles. The number of carbonyl (C=O) groups is 4. The van der Waals surface area contributed by atoms with Crippen LogP contribution in [0.5, 0.6) is 11.5 Å². The van der Waals surface area contributed by atoms with Crippen LogP contribution < -0.4 is 14.8 Å². The van der Waals surface area contributed by atoms with Crippen molar-refractivity contribution in [3.05, 3.63) is 59.2 Å². The summed E-state index contributed by atoms with van der Waals surface area (Å²) in [4.78, 5) is 50.2. The Morgan fingerprint density at radius 3 is 2.43 bits per heavy atom. The number of nitrogens with zero attached hydrogens (tertiary/aromatic N) is 1. The summed E-state index contributed by atoms with van der Waals surface area (Å²) >= 11 is 0. The molecule has 0 spiro atoms. The molecule has 0 aliphatic carbocycles. The summed E-state index contributed by atoms with van der Waals surface area (Å²) in [5.74, 6) is -0.574. The quantitative estimate of drug-likeness (QED) is 0.456. The number of nitrogens with one attached hydrogen (secondary N) is 1. The second-order valence-electron chi connectivity index (χ2n) is 8.65. The summed E-state index contributed by atoms with van der Waals surface area (Å²) in [5, 5.41) is 2.29. The second kappa shape index (κ2) is 10.6. The van der Waals surface area contributed by atoms with Crippen LogP contribution in [-0.2, 0) is 25.5 Å². The predicted octanol–water partition coefficient (Wildman–Crippen LogP) is 2.43. The molecular formula is C26H28N2O7. The second-order valence-corrected chi connectivity index (χ2v) is 8.65. The lowest BCUT2D eigenvalue weighted by atomic mass is 9.97. The van der Waals surface area contributed by atoms with Crippen LogP contribution in [0.1, 0.15) is 46.8 Å². The summed E-state index contributed by atoms with van der Waals surface area (Å²) in [7, 11) is 3.14. The van der Waals surface area contributed by atoms with Crippen molar-refractivity contribution in [2.75, 3.05) is 27.4 Å². The highest BCUT2D eigenvalue weighted by Gasteiger charge is 2.32. The molecule has 2 aromatic rings. The van der Waals surface area contributed by atoms with Crippen molar-refractivity contribution in [2.45, 2.75) is 31.7 Å². The van der Waals surface area contributed by atoms with E-state index in [1.54, 1.807) is 43.4 Å². The molecule has 1 N–H and O–H groups in total. The van der Waals surface area contributed by atoms with E-state index in [1.807, 2.05) is 18.2 Å². The first kappa shape index (κ1) is 24.3. The van der Waals surface area contributed by atoms with Crippen molar-refractivity contribution in [1.29, 1.82) is 0 Å². The fraction of sp³-hybridized carbons (Fsp3) is 0.385. The number of carbonyl (C=O) groups excluding carboxylic acids is 4. The van der Waals surface area contributed by atoms with Gasteiger partial charge in [-0.2, -0.15) is 0 Å². The molecule has 2 aliphatic rings. The molecule has 0 bridgehead atoms. The Hall–Kier alpha value is -3.88. The Bertz CT molecular complexity index is 1130. The monoisotopic (exact) mass is 480 g/mol. The van der Waals surface area contributed by atoms with Crippen molar-refractivity contribution in [2.24, 2.45) is 5.92 Å². The summed E-state index contributed by atoms with van der Waals surface area (Å²) in [6, 6.07) is 12.1. The highest BCUT2D eigenvalue weighted by molar-refractivity contribution is 6.03. The van der Waals surface area contributed by atoms with Gasteiger partial charge in [0.05, 0.1) is 31.7 Å². The Labute approximate surface area is 203 Å². The van der Waals surface area contributed by atoms with Gasteiger partial charge < -0.3 is 19.1 Å². The van der Waals surface area contributed by atoms with Crippen LogP contribution in [0.4, 0.5) is 0 Å². The van der Waals surface area contributed by atoms with Gasteiger partial charge in [0.15, 0.2) is 18.1 Å². The third-order valence-corrected chi connectivity index (χ3v) is 6.43. The number of imide groups is 1. The average Bonchev–Trinajstić information content (AvgIpc) is 3.48. The topological polar surface area (TPSA) is 111 Å². The molecule has 2 atom stereocenters. The van der Waals surface area contributed by atoms with Gasteiger partial charge in [-0.15, -0.1) is 0 Å². The van der Waals surface area contributed by atoms with E-state index >= 15 is 0 Å². The SMILES string of the molecule is COc1ccc(C2CCCN2C(=O)COC(=O)c2ccc(CC3CC(=O)NC3=O)cc2)cc1OC. The highest BCUT2D eigenvalue weighted by Crippen LogP contribution is 2.37. The Kier molecular flexibility index (Phi) is 7.33. The van der Waals surface area contributed by atoms with Crippen molar-refractivity contribution in [3.63, 3.8) is 0 Å². The van der Waals surface area contributed by atoms with Crippen LogP contribution in [0.15, 0.2) is 42.5 Å². The fourth-order valence-corrected chi connectivity index (χ4v) is 4.60. The van der Waals surface area contributed by atoms with E-state index in [2.05, 4.69) is 5.32 Å². The van der Waals surface area contributed by atoms with Crippen molar-refractivity contribution in [1.82, 2.24) is 10.2 Å². The van der Waals surface area contributed by atoms with Crippen molar-refractivity contribution >= 4 is 23.7 Å². The minimum atomic E-state index is -0.597. The summed E-state index contributed by atoms with van der Waals surface area (Å²) in [6.45, 7) is 0.232. The van der Waals surface area contributed by atoms with E-state index in [1.165, 1.54) is 0 Å². The van der Waals surface area contributed by atoms with E-state index < -0.39 is 11.9 Å². The first-order chi connectivity index (χ1) is 16.9. The number of hydrogen-bond donors (Lipinski definition) is 1. The summed E-state index contributed by atoms with van der Waals surface area (Å²) in [5.41, 5.74) is 2.08. The molecule has 2 unspecified atom stereocenters. The zero-order valence-electron chi connectivity index (χ0n) is 19.7. The van der Waals surface area contributed by atoms with Gasteiger partial charge in [0.25, 0.3) is 5.91 Å². The van der Waals surface area contributed by atoms with Crippen molar-refractivity contribution < 1.29 is 33.4 Å². The number of esters is 1. The molecule has 184 valence electrons. The molecule has 9 heteroatoms.